The number of hydrogen-bond acceptors (Lipinski definition) is 6. The third-order valence-electron chi connectivity index (χ3n) is 4.98. The zero-order valence-electron chi connectivity index (χ0n) is 18.6. The van der Waals surface area contributed by atoms with Crippen molar-refractivity contribution in [2.45, 2.75) is 58.7 Å². The molecule has 1 N–H and O–H groups in total. The molecular formula is C23H33N3O4. The van der Waals surface area contributed by atoms with Crippen molar-refractivity contribution in [2.75, 3.05) is 31.6 Å². The van der Waals surface area contributed by atoms with Crippen molar-refractivity contribution in [1.82, 2.24) is 10.1 Å². The lowest BCUT2D eigenvalue weighted by molar-refractivity contribution is -0.115. The van der Waals surface area contributed by atoms with Gasteiger partial charge in [0.1, 0.15) is 18.1 Å². The molecule has 7 heteroatoms. The minimum absolute atomic E-state index is 0.131. The summed E-state index contributed by atoms with van der Waals surface area (Å²) in [5.41, 5.74) is 0.764. The number of amides is 1. The number of anilines is 1. The van der Waals surface area contributed by atoms with Gasteiger partial charge in [0.25, 0.3) is 0 Å². The van der Waals surface area contributed by atoms with Gasteiger partial charge in [-0.3, -0.25) is 9.69 Å². The van der Waals surface area contributed by atoms with Crippen LogP contribution in [-0.4, -0.2) is 54.4 Å². The van der Waals surface area contributed by atoms with Crippen LogP contribution in [0.5, 0.6) is 5.75 Å². The summed E-state index contributed by atoms with van der Waals surface area (Å²) < 4.78 is 16.9. The quantitative estimate of drug-likeness (QED) is 0.744. The molecule has 3 rings (SSSR count). The molecule has 0 saturated carbocycles. The van der Waals surface area contributed by atoms with Crippen LogP contribution in [0.25, 0.3) is 0 Å². The molecule has 1 fully saturated rings. The van der Waals surface area contributed by atoms with E-state index in [4.69, 9.17) is 14.0 Å². The molecule has 0 spiro atoms. The van der Waals surface area contributed by atoms with Crippen molar-refractivity contribution in [1.29, 1.82) is 0 Å². The number of hydrogen-bond donors (Lipinski definition) is 1. The SMILES string of the molecule is CC1CN(CCOc2ccc(CC(=O)Nc3cc(C(C)(C)C)on3)cc2)CC(C)O1. The monoisotopic (exact) mass is 415 g/mol. The normalized spacial score (nSPS) is 20.2. The van der Waals surface area contributed by atoms with Crippen molar-refractivity contribution in [2.24, 2.45) is 0 Å². The molecule has 2 aromatic rings. The average Bonchev–Trinajstić information content (AvgIpc) is 3.11. The molecule has 1 aliphatic heterocycles. The summed E-state index contributed by atoms with van der Waals surface area (Å²) in [6.45, 7) is 13.7. The molecule has 2 unspecified atom stereocenters. The molecule has 0 aliphatic carbocycles. The molecule has 1 amide bonds. The molecule has 0 bridgehead atoms. The smallest absolute Gasteiger partial charge is 0.230 e. The Morgan fingerprint density at radius 1 is 1.20 bits per heavy atom. The molecule has 164 valence electrons. The van der Waals surface area contributed by atoms with Gasteiger partial charge in [-0.1, -0.05) is 38.1 Å². The Morgan fingerprint density at radius 2 is 1.87 bits per heavy atom. The Morgan fingerprint density at radius 3 is 2.47 bits per heavy atom. The van der Waals surface area contributed by atoms with E-state index in [0.717, 1.165) is 36.7 Å². The molecule has 30 heavy (non-hydrogen) atoms. The minimum Gasteiger partial charge on any atom is -0.492 e. The highest BCUT2D eigenvalue weighted by Crippen LogP contribution is 2.24. The van der Waals surface area contributed by atoms with Crippen molar-refractivity contribution < 1.29 is 18.8 Å². The number of ether oxygens (including phenoxy) is 2. The second-order valence-corrected chi connectivity index (χ2v) is 9.06. The minimum atomic E-state index is -0.149. The fourth-order valence-electron chi connectivity index (χ4n) is 3.52. The van der Waals surface area contributed by atoms with E-state index in [1.54, 1.807) is 6.07 Å². The first-order chi connectivity index (χ1) is 14.2. The highest BCUT2D eigenvalue weighted by atomic mass is 16.5. The predicted molar refractivity (Wildman–Crippen MR) is 116 cm³/mol. The lowest BCUT2D eigenvalue weighted by Crippen LogP contribution is -2.46. The molecule has 2 atom stereocenters. The van der Waals surface area contributed by atoms with Crippen molar-refractivity contribution in [3.63, 3.8) is 0 Å². The first-order valence-corrected chi connectivity index (χ1v) is 10.6. The third kappa shape index (κ3) is 6.57. The van der Waals surface area contributed by atoms with Gasteiger partial charge in [0.15, 0.2) is 5.82 Å². The second kappa shape index (κ2) is 9.62. The zero-order chi connectivity index (χ0) is 21.7. The number of nitrogens with one attached hydrogen (secondary N) is 1. The molecule has 0 radical (unpaired) electrons. The molecule has 1 saturated heterocycles. The Hall–Kier alpha value is -2.38. The number of carbonyl (C=O) groups is 1. The van der Waals surface area contributed by atoms with E-state index < -0.39 is 0 Å². The first-order valence-electron chi connectivity index (χ1n) is 10.6. The first kappa shape index (κ1) is 22.3. The summed E-state index contributed by atoms with van der Waals surface area (Å²) >= 11 is 0. The molecular weight excluding hydrogens is 382 g/mol. The van der Waals surface area contributed by atoms with Gasteiger partial charge < -0.3 is 19.3 Å². The number of carbonyl (C=O) groups excluding carboxylic acids is 1. The van der Waals surface area contributed by atoms with E-state index in [9.17, 15) is 4.79 Å². The highest BCUT2D eigenvalue weighted by molar-refractivity contribution is 5.91. The topological polar surface area (TPSA) is 76.8 Å². The number of benzene rings is 1. The largest absolute Gasteiger partial charge is 0.492 e. The van der Waals surface area contributed by atoms with Crippen LogP contribution >= 0.6 is 0 Å². The zero-order valence-corrected chi connectivity index (χ0v) is 18.6. The van der Waals surface area contributed by atoms with Gasteiger partial charge in [-0.2, -0.15) is 0 Å². The predicted octanol–water partition coefficient (Wildman–Crippen LogP) is 3.64. The van der Waals surface area contributed by atoms with Crippen LogP contribution < -0.4 is 10.1 Å². The van der Waals surface area contributed by atoms with E-state index in [1.165, 1.54) is 0 Å². The van der Waals surface area contributed by atoms with E-state index in [2.05, 4.69) is 29.2 Å². The van der Waals surface area contributed by atoms with Crippen molar-refractivity contribution >= 4 is 11.7 Å². The Kier molecular flexibility index (Phi) is 7.15. The molecule has 1 aromatic heterocycles. The maximum absolute atomic E-state index is 12.3. The van der Waals surface area contributed by atoms with Gasteiger partial charge in [0.05, 0.1) is 18.6 Å². The van der Waals surface area contributed by atoms with Crippen LogP contribution in [0.2, 0.25) is 0 Å². The maximum Gasteiger partial charge on any atom is 0.230 e. The van der Waals surface area contributed by atoms with E-state index in [0.29, 0.717) is 12.4 Å². The molecule has 7 nitrogen and oxygen atoms in total. The van der Waals surface area contributed by atoms with E-state index in [1.807, 2.05) is 45.0 Å². The fourth-order valence-corrected chi connectivity index (χ4v) is 3.52. The summed E-state index contributed by atoms with van der Waals surface area (Å²) in [5.74, 6) is 1.85. The summed E-state index contributed by atoms with van der Waals surface area (Å²) in [6, 6.07) is 9.40. The summed E-state index contributed by atoms with van der Waals surface area (Å²) in [5, 5.41) is 6.71. The van der Waals surface area contributed by atoms with E-state index >= 15 is 0 Å². The van der Waals surface area contributed by atoms with Crippen LogP contribution in [0.3, 0.4) is 0 Å². The van der Waals surface area contributed by atoms with Gasteiger partial charge in [-0.05, 0) is 31.5 Å². The lowest BCUT2D eigenvalue weighted by atomic mass is 9.93. The second-order valence-electron chi connectivity index (χ2n) is 9.06. The summed E-state index contributed by atoms with van der Waals surface area (Å²) in [4.78, 5) is 14.7. The lowest BCUT2D eigenvalue weighted by Gasteiger charge is -2.35. The van der Waals surface area contributed by atoms with Crippen LogP contribution in [0, 0.1) is 0 Å². The highest BCUT2D eigenvalue weighted by Gasteiger charge is 2.22. The summed E-state index contributed by atoms with van der Waals surface area (Å²) in [7, 11) is 0. The Labute approximate surface area is 178 Å². The van der Waals surface area contributed by atoms with Crippen molar-refractivity contribution in [3.05, 3.63) is 41.7 Å². The maximum atomic E-state index is 12.3. The van der Waals surface area contributed by atoms with Gasteiger partial charge in [-0.15, -0.1) is 0 Å². The molecule has 1 aliphatic rings. The third-order valence-corrected chi connectivity index (χ3v) is 4.98. The fraction of sp³-hybridized carbons (Fsp3) is 0.565. The average molecular weight is 416 g/mol. The number of rotatable bonds is 7. The van der Waals surface area contributed by atoms with Crippen LogP contribution in [0.15, 0.2) is 34.9 Å². The van der Waals surface area contributed by atoms with Gasteiger partial charge >= 0.3 is 0 Å². The summed E-state index contributed by atoms with van der Waals surface area (Å²) in [6.07, 6.45) is 0.787. The Bertz CT molecular complexity index is 816. The number of morpholine rings is 1. The standard InChI is InChI=1S/C23H33N3O4/c1-16-14-26(15-17(2)29-16)10-11-28-19-8-6-18(7-9-19)12-22(27)24-21-13-20(30-25-21)23(3,4)5/h6-9,13,16-17H,10-12,14-15H2,1-5H3,(H,24,25,27). The molecule has 2 heterocycles. The van der Waals surface area contributed by atoms with Crippen LogP contribution in [0.4, 0.5) is 5.82 Å². The van der Waals surface area contributed by atoms with Gasteiger partial charge in [0.2, 0.25) is 5.91 Å². The Balaban J connectivity index is 1.42. The van der Waals surface area contributed by atoms with Crippen LogP contribution in [-0.2, 0) is 21.4 Å². The van der Waals surface area contributed by atoms with Gasteiger partial charge in [0, 0.05) is 31.1 Å². The van der Waals surface area contributed by atoms with Gasteiger partial charge in [-0.25, -0.2) is 0 Å². The number of aromatic nitrogens is 1. The van der Waals surface area contributed by atoms with E-state index in [-0.39, 0.29) is 30.0 Å². The van der Waals surface area contributed by atoms with Crippen molar-refractivity contribution in [3.8, 4) is 5.75 Å². The number of nitrogens with zero attached hydrogens (tertiary/aromatic N) is 2. The molecule has 1 aromatic carbocycles. The van der Waals surface area contributed by atoms with Crippen LogP contribution in [0.1, 0.15) is 45.9 Å².